The zero-order valence-corrected chi connectivity index (χ0v) is 20.0. The number of anilines is 1. The lowest BCUT2D eigenvalue weighted by atomic mass is 10.1. The van der Waals surface area contributed by atoms with Crippen molar-refractivity contribution in [2.24, 2.45) is 0 Å². The van der Waals surface area contributed by atoms with Crippen LogP contribution >= 0.6 is 23.2 Å². The highest BCUT2D eigenvalue weighted by Crippen LogP contribution is 2.26. The van der Waals surface area contributed by atoms with Gasteiger partial charge in [0.2, 0.25) is 5.91 Å². The smallest absolute Gasteiger partial charge is 0.261 e. The Hall–Kier alpha value is -2.29. The van der Waals surface area contributed by atoms with E-state index in [9.17, 15) is 18.0 Å². The maximum atomic E-state index is 12.9. The van der Waals surface area contributed by atoms with Gasteiger partial charge in [0.25, 0.3) is 15.9 Å². The van der Waals surface area contributed by atoms with Crippen LogP contribution in [0.25, 0.3) is 0 Å². The van der Waals surface area contributed by atoms with Crippen LogP contribution in [-0.2, 0) is 14.8 Å². The number of carbonyl (C=O) groups excluding carboxylic acids is 2. The van der Waals surface area contributed by atoms with E-state index in [-0.39, 0.29) is 44.6 Å². The van der Waals surface area contributed by atoms with Gasteiger partial charge in [-0.15, -0.1) is 0 Å². The fourth-order valence-corrected chi connectivity index (χ4v) is 4.15. The molecule has 0 spiro atoms. The van der Waals surface area contributed by atoms with Crippen LogP contribution in [0.2, 0.25) is 10.0 Å². The van der Waals surface area contributed by atoms with Gasteiger partial charge in [0.1, 0.15) is 0 Å². The Bertz CT molecular complexity index is 1080. The zero-order valence-electron chi connectivity index (χ0n) is 17.7. The summed E-state index contributed by atoms with van der Waals surface area (Å²) in [6.45, 7) is 7.53. The van der Waals surface area contributed by atoms with Crippen molar-refractivity contribution in [2.75, 3.05) is 17.8 Å². The van der Waals surface area contributed by atoms with Crippen LogP contribution < -0.4 is 10.0 Å². The van der Waals surface area contributed by atoms with Gasteiger partial charge >= 0.3 is 0 Å². The van der Waals surface area contributed by atoms with Gasteiger partial charge in [-0.2, -0.15) is 0 Å². The highest BCUT2D eigenvalue weighted by atomic mass is 35.5. The first-order chi connectivity index (χ1) is 14.3. The summed E-state index contributed by atoms with van der Waals surface area (Å²) in [5.74, 6) is -0.665. The molecule has 7 nitrogen and oxygen atoms in total. The SMILES string of the molecule is CCN(CC(=O)NC(C)(C)C)C(=O)c1cccc(NS(=O)(=O)c2ccc(Cl)c(Cl)c2)c1. The van der Waals surface area contributed by atoms with Crippen LogP contribution in [0.15, 0.2) is 47.4 Å². The average Bonchev–Trinajstić information content (AvgIpc) is 2.66. The van der Waals surface area contributed by atoms with E-state index in [1.54, 1.807) is 19.1 Å². The van der Waals surface area contributed by atoms with Crippen LogP contribution in [0.3, 0.4) is 0 Å². The Morgan fingerprint density at radius 2 is 1.71 bits per heavy atom. The molecule has 0 unspecified atom stereocenters. The lowest BCUT2D eigenvalue weighted by Crippen LogP contribution is -2.47. The molecular formula is C21H25Cl2N3O4S. The highest BCUT2D eigenvalue weighted by Gasteiger charge is 2.21. The van der Waals surface area contributed by atoms with Crippen molar-refractivity contribution < 1.29 is 18.0 Å². The van der Waals surface area contributed by atoms with Crippen molar-refractivity contribution in [3.05, 3.63) is 58.1 Å². The number of carbonyl (C=O) groups is 2. The topological polar surface area (TPSA) is 95.6 Å². The summed E-state index contributed by atoms with van der Waals surface area (Å²) < 4.78 is 27.7. The third-order valence-electron chi connectivity index (χ3n) is 4.08. The zero-order chi connectivity index (χ0) is 23.4. The summed E-state index contributed by atoms with van der Waals surface area (Å²) in [6, 6.07) is 10.0. The molecule has 0 aromatic heterocycles. The van der Waals surface area contributed by atoms with Gasteiger partial charge in [0.15, 0.2) is 0 Å². The number of hydrogen-bond acceptors (Lipinski definition) is 4. The molecule has 2 aromatic carbocycles. The molecule has 0 radical (unpaired) electrons. The molecule has 0 fully saturated rings. The van der Waals surface area contributed by atoms with Gasteiger partial charge < -0.3 is 10.2 Å². The summed E-state index contributed by atoms with van der Waals surface area (Å²) in [4.78, 5) is 26.4. The van der Waals surface area contributed by atoms with Gasteiger partial charge in [-0.1, -0.05) is 29.3 Å². The number of amides is 2. The van der Waals surface area contributed by atoms with Gasteiger partial charge in [-0.25, -0.2) is 8.42 Å². The Morgan fingerprint density at radius 3 is 2.29 bits per heavy atom. The van der Waals surface area contributed by atoms with E-state index in [4.69, 9.17) is 23.2 Å². The standard InChI is InChI=1S/C21H25Cl2N3O4S/c1-5-26(13-19(27)24-21(2,3)4)20(28)14-7-6-8-15(11-14)25-31(29,30)16-9-10-17(22)18(23)12-16/h6-12,25H,5,13H2,1-4H3,(H,24,27). The van der Waals surface area contributed by atoms with Crippen molar-refractivity contribution in [1.82, 2.24) is 10.2 Å². The number of sulfonamides is 1. The van der Waals surface area contributed by atoms with E-state index in [0.717, 1.165) is 0 Å². The molecular weight excluding hydrogens is 461 g/mol. The van der Waals surface area contributed by atoms with E-state index in [1.807, 2.05) is 20.8 Å². The first kappa shape index (κ1) is 25.0. The Kier molecular flexibility index (Phi) is 7.97. The lowest BCUT2D eigenvalue weighted by molar-refractivity contribution is -0.123. The van der Waals surface area contributed by atoms with Gasteiger partial charge in [-0.05, 0) is 64.1 Å². The molecule has 0 aliphatic heterocycles. The monoisotopic (exact) mass is 485 g/mol. The van der Waals surface area contributed by atoms with Crippen molar-refractivity contribution in [1.29, 1.82) is 0 Å². The minimum atomic E-state index is -3.94. The van der Waals surface area contributed by atoms with E-state index >= 15 is 0 Å². The third-order valence-corrected chi connectivity index (χ3v) is 6.20. The number of likely N-dealkylation sites (N-methyl/N-ethyl adjacent to an activating group) is 1. The normalized spacial score (nSPS) is 11.7. The van der Waals surface area contributed by atoms with Crippen molar-refractivity contribution in [2.45, 2.75) is 38.1 Å². The molecule has 10 heteroatoms. The summed E-state index contributed by atoms with van der Waals surface area (Å²) in [5, 5.41) is 3.17. The first-order valence-electron chi connectivity index (χ1n) is 9.50. The van der Waals surface area contributed by atoms with E-state index in [0.29, 0.717) is 6.54 Å². The summed E-state index contributed by atoms with van der Waals surface area (Å²) in [6.07, 6.45) is 0. The van der Waals surface area contributed by atoms with Crippen LogP contribution in [0.4, 0.5) is 5.69 Å². The predicted molar refractivity (Wildman–Crippen MR) is 123 cm³/mol. The van der Waals surface area contributed by atoms with E-state index < -0.39 is 15.6 Å². The van der Waals surface area contributed by atoms with Crippen molar-refractivity contribution >= 4 is 50.7 Å². The maximum absolute atomic E-state index is 12.9. The molecule has 2 rings (SSSR count). The van der Waals surface area contributed by atoms with Gasteiger partial charge in [-0.3, -0.25) is 14.3 Å². The molecule has 2 aromatic rings. The fraction of sp³-hybridized carbons (Fsp3) is 0.333. The second kappa shape index (κ2) is 9.89. The van der Waals surface area contributed by atoms with Crippen LogP contribution in [0, 0.1) is 0 Å². The van der Waals surface area contributed by atoms with Crippen molar-refractivity contribution in [3.8, 4) is 0 Å². The van der Waals surface area contributed by atoms with Crippen molar-refractivity contribution in [3.63, 3.8) is 0 Å². The molecule has 168 valence electrons. The minimum absolute atomic E-state index is 0.0623. The lowest BCUT2D eigenvalue weighted by Gasteiger charge is -2.25. The molecule has 0 saturated carbocycles. The molecule has 0 heterocycles. The van der Waals surface area contributed by atoms with Gasteiger partial charge in [0, 0.05) is 23.3 Å². The van der Waals surface area contributed by atoms with E-state index in [2.05, 4.69) is 10.0 Å². The number of benzene rings is 2. The summed E-state index contributed by atoms with van der Waals surface area (Å²) in [5.41, 5.74) is 0.0364. The van der Waals surface area contributed by atoms with Crippen LogP contribution in [-0.4, -0.2) is 43.8 Å². The van der Waals surface area contributed by atoms with Crippen LogP contribution in [0.1, 0.15) is 38.1 Å². The largest absolute Gasteiger partial charge is 0.350 e. The Labute approximate surface area is 192 Å². The minimum Gasteiger partial charge on any atom is -0.350 e. The molecule has 2 amide bonds. The highest BCUT2D eigenvalue weighted by molar-refractivity contribution is 7.92. The number of halogens is 2. The average molecular weight is 486 g/mol. The Balaban J connectivity index is 2.20. The maximum Gasteiger partial charge on any atom is 0.261 e. The third kappa shape index (κ3) is 7.12. The summed E-state index contributed by atoms with van der Waals surface area (Å²) in [7, 11) is -3.94. The molecule has 0 aliphatic carbocycles. The van der Waals surface area contributed by atoms with Crippen LogP contribution in [0.5, 0.6) is 0 Å². The van der Waals surface area contributed by atoms with E-state index in [1.165, 1.54) is 35.2 Å². The Morgan fingerprint density at radius 1 is 1.03 bits per heavy atom. The molecule has 0 aliphatic rings. The number of hydrogen-bond donors (Lipinski definition) is 2. The molecule has 0 atom stereocenters. The van der Waals surface area contributed by atoms with Gasteiger partial charge in [0.05, 0.1) is 21.5 Å². The second-order valence-electron chi connectivity index (χ2n) is 7.88. The first-order valence-corrected chi connectivity index (χ1v) is 11.7. The number of nitrogens with one attached hydrogen (secondary N) is 2. The summed E-state index contributed by atoms with van der Waals surface area (Å²) >= 11 is 11.8. The molecule has 31 heavy (non-hydrogen) atoms. The molecule has 0 bridgehead atoms. The number of nitrogens with zero attached hydrogens (tertiary/aromatic N) is 1. The predicted octanol–water partition coefficient (Wildman–Crippen LogP) is 4.17. The molecule has 2 N–H and O–H groups in total. The number of rotatable bonds is 7. The quantitative estimate of drug-likeness (QED) is 0.614. The fourth-order valence-electron chi connectivity index (χ4n) is 2.71. The molecule has 0 saturated heterocycles. The second-order valence-corrected chi connectivity index (χ2v) is 10.4.